The molecule has 152 valence electrons. The molecule has 1 amide bonds. The van der Waals surface area contributed by atoms with Gasteiger partial charge in [0.15, 0.2) is 5.82 Å². The Morgan fingerprint density at radius 2 is 1.93 bits per heavy atom. The van der Waals surface area contributed by atoms with Crippen LogP contribution in [0.5, 0.6) is 0 Å². The fraction of sp³-hybridized carbons (Fsp3) is 0.238. The topological polar surface area (TPSA) is 80.8 Å². The zero-order valence-electron chi connectivity index (χ0n) is 16.5. The van der Waals surface area contributed by atoms with Gasteiger partial charge in [0.05, 0.1) is 43.0 Å². The number of carbonyl (C=O) groups is 1. The van der Waals surface area contributed by atoms with E-state index in [9.17, 15) is 4.79 Å². The maximum atomic E-state index is 13.4. The number of hydrogen-bond donors (Lipinski definition) is 0. The molecule has 0 saturated carbocycles. The number of rotatable bonds is 3. The first-order chi connectivity index (χ1) is 14.7. The highest BCUT2D eigenvalue weighted by Gasteiger charge is 2.25. The molecule has 1 fully saturated rings. The van der Waals surface area contributed by atoms with Crippen LogP contribution >= 0.6 is 0 Å². The standard InChI is InChI=1S/C21H21N7O2/c1-16-5-6-18(28-22-7-8-23-28)17(14-16)21(29)25-10-11-27(30-13-12-25)20-15-26-9-3-2-4-19(26)24-20/h2-9,14-15H,10-13H2,1H3. The number of aryl methyl sites for hydroxylation is 1. The number of aromatic nitrogens is 5. The molecule has 4 heterocycles. The lowest BCUT2D eigenvalue weighted by atomic mass is 10.1. The van der Waals surface area contributed by atoms with Crippen LogP contribution in [0.15, 0.2) is 61.2 Å². The lowest BCUT2D eigenvalue weighted by Crippen LogP contribution is -2.36. The molecular formula is C21H21N7O2. The quantitative estimate of drug-likeness (QED) is 0.521. The largest absolute Gasteiger partial charge is 0.334 e. The molecule has 5 rings (SSSR count). The molecular weight excluding hydrogens is 382 g/mol. The van der Waals surface area contributed by atoms with Crippen LogP contribution in [0.3, 0.4) is 0 Å². The number of nitrogens with zero attached hydrogens (tertiary/aromatic N) is 7. The van der Waals surface area contributed by atoms with Crippen LogP contribution in [0, 0.1) is 6.92 Å². The van der Waals surface area contributed by atoms with Crippen molar-refractivity contribution in [3.8, 4) is 5.69 Å². The molecule has 1 aliphatic rings. The SMILES string of the molecule is Cc1ccc(-n2nccn2)c(C(=O)N2CCON(c3cn4ccccc4n3)CC2)c1. The second-order valence-corrected chi connectivity index (χ2v) is 7.13. The summed E-state index contributed by atoms with van der Waals surface area (Å²) in [6, 6.07) is 11.6. The van der Waals surface area contributed by atoms with E-state index in [1.54, 1.807) is 22.4 Å². The minimum Gasteiger partial charge on any atom is -0.334 e. The van der Waals surface area contributed by atoms with Gasteiger partial charge < -0.3 is 9.30 Å². The van der Waals surface area contributed by atoms with Gasteiger partial charge in [-0.05, 0) is 31.2 Å². The van der Waals surface area contributed by atoms with E-state index < -0.39 is 0 Å². The number of hydrogen-bond acceptors (Lipinski definition) is 6. The van der Waals surface area contributed by atoms with Gasteiger partial charge in [-0.2, -0.15) is 15.0 Å². The van der Waals surface area contributed by atoms with Crippen LogP contribution in [0.25, 0.3) is 11.3 Å². The third kappa shape index (κ3) is 3.39. The van der Waals surface area contributed by atoms with E-state index in [1.165, 1.54) is 4.80 Å². The molecule has 0 radical (unpaired) electrons. The van der Waals surface area contributed by atoms with E-state index in [0.29, 0.717) is 37.5 Å². The van der Waals surface area contributed by atoms with Gasteiger partial charge in [-0.3, -0.25) is 9.63 Å². The number of pyridine rings is 1. The Labute approximate surface area is 173 Å². The Balaban J connectivity index is 1.37. The first kappa shape index (κ1) is 18.3. The van der Waals surface area contributed by atoms with Gasteiger partial charge in [0.1, 0.15) is 5.65 Å². The molecule has 3 aromatic heterocycles. The molecule has 0 N–H and O–H groups in total. The summed E-state index contributed by atoms with van der Waals surface area (Å²) in [5.41, 5.74) is 3.10. The van der Waals surface area contributed by atoms with E-state index in [0.717, 1.165) is 17.0 Å². The van der Waals surface area contributed by atoms with Gasteiger partial charge in [-0.15, -0.1) is 0 Å². The van der Waals surface area contributed by atoms with Gasteiger partial charge in [0.2, 0.25) is 0 Å². The van der Waals surface area contributed by atoms with Gasteiger partial charge in [-0.25, -0.2) is 10.0 Å². The second-order valence-electron chi connectivity index (χ2n) is 7.13. The predicted molar refractivity (Wildman–Crippen MR) is 110 cm³/mol. The first-order valence-electron chi connectivity index (χ1n) is 9.80. The van der Waals surface area contributed by atoms with Gasteiger partial charge in [0.25, 0.3) is 5.91 Å². The molecule has 1 saturated heterocycles. The summed E-state index contributed by atoms with van der Waals surface area (Å²) >= 11 is 0. The third-order valence-corrected chi connectivity index (χ3v) is 5.09. The number of carbonyl (C=O) groups excluding carboxylic acids is 1. The van der Waals surface area contributed by atoms with Crippen molar-refractivity contribution >= 4 is 17.4 Å². The number of amides is 1. The fourth-order valence-electron chi connectivity index (χ4n) is 3.58. The summed E-state index contributed by atoms with van der Waals surface area (Å²) in [5, 5.41) is 10.1. The normalized spacial score (nSPS) is 14.8. The van der Waals surface area contributed by atoms with Crippen molar-refractivity contribution < 1.29 is 9.63 Å². The van der Waals surface area contributed by atoms with E-state index >= 15 is 0 Å². The second kappa shape index (κ2) is 7.60. The van der Waals surface area contributed by atoms with Crippen LogP contribution in [-0.2, 0) is 4.84 Å². The van der Waals surface area contributed by atoms with Crippen LogP contribution in [-0.4, -0.2) is 61.4 Å². The molecule has 1 aromatic carbocycles. The van der Waals surface area contributed by atoms with Crippen molar-refractivity contribution in [1.29, 1.82) is 0 Å². The molecule has 0 unspecified atom stereocenters. The lowest BCUT2D eigenvalue weighted by molar-refractivity contribution is 0.0730. The number of fused-ring (bicyclic) bond motifs is 1. The van der Waals surface area contributed by atoms with Crippen molar-refractivity contribution in [2.75, 3.05) is 31.3 Å². The number of hydroxylamine groups is 1. The molecule has 0 bridgehead atoms. The molecule has 30 heavy (non-hydrogen) atoms. The fourth-order valence-corrected chi connectivity index (χ4v) is 3.58. The molecule has 0 atom stereocenters. The number of imidazole rings is 1. The highest BCUT2D eigenvalue weighted by atomic mass is 16.7. The number of anilines is 1. The average molecular weight is 403 g/mol. The van der Waals surface area contributed by atoms with E-state index in [4.69, 9.17) is 4.84 Å². The summed E-state index contributed by atoms with van der Waals surface area (Å²) in [5.74, 6) is 0.666. The Kier molecular flexibility index (Phi) is 4.64. The highest BCUT2D eigenvalue weighted by molar-refractivity contribution is 5.98. The summed E-state index contributed by atoms with van der Waals surface area (Å²) in [6.07, 6.45) is 7.07. The molecule has 9 nitrogen and oxygen atoms in total. The molecule has 1 aliphatic heterocycles. The highest BCUT2D eigenvalue weighted by Crippen LogP contribution is 2.20. The van der Waals surface area contributed by atoms with Crippen molar-refractivity contribution in [2.24, 2.45) is 0 Å². The third-order valence-electron chi connectivity index (χ3n) is 5.09. The Hall–Kier alpha value is -3.72. The summed E-state index contributed by atoms with van der Waals surface area (Å²) in [4.78, 5) is 27.1. The minimum atomic E-state index is -0.0635. The summed E-state index contributed by atoms with van der Waals surface area (Å²) in [7, 11) is 0. The maximum absolute atomic E-state index is 13.4. The van der Waals surface area contributed by atoms with Crippen molar-refractivity contribution in [2.45, 2.75) is 6.92 Å². The zero-order chi connectivity index (χ0) is 20.5. The monoisotopic (exact) mass is 403 g/mol. The molecule has 4 aromatic rings. The number of benzene rings is 1. The zero-order valence-corrected chi connectivity index (χ0v) is 16.5. The van der Waals surface area contributed by atoms with Gasteiger partial charge in [-0.1, -0.05) is 17.7 Å². The Bertz CT molecular complexity index is 1150. The molecule has 9 heteroatoms. The van der Waals surface area contributed by atoms with Crippen molar-refractivity contribution in [1.82, 2.24) is 29.3 Å². The molecule has 0 spiro atoms. The predicted octanol–water partition coefficient (Wildman–Crippen LogP) is 2.12. The van der Waals surface area contributed by atoms with Gasteiger partial charge in [0, 0.05) is 19.3 Å². The first-order valence-corrected chi connectivity index (χ1v) is 9.80. The smallest absolute Gasteiger partial charge is 0.256 e. The van der Waals surface area contributed by atoms with E-state index in [2.05, 4.69) is 15.2 Å². The minimum absolute atomic E-state index is 0.0635. The van der Waals surface area contributed by atoms with Crippen LogP contribution in [0.2, 0.25) is 0 Å². The van der Waals surface area contributed by atoms with Crippen molar-refractivity contribution in [3.05, 3.63) is 72.3 Å². The Morgan fingerprint density at radius 3 is 2.77 bits per heavy atom. The Morgan fingerprint density at radius 1 is 1.07 bits per heavy atom. The van der Waals surface area contributed by atoms with Crippen molar-refractivity contribution in [3.63, 3.8) is 0 Å². The molecule has 0 aliphatic carbocycles. The van der Waals surface area contributed by atoms with Crippen LogP contribution in [0.4, 0.5) is 5.82 Å². The van der Waals surface area contributed by atoms with Crippen LogP contribution in [0.1, 0.15) is 15.9 Å². The lowest BCUT2D eigenvalue weighted by Gasteiger charge is -2.21. The summed E-state index contributed by atoms with van der Waals surface area (Å²) < 4.78 is 1.95. The average Bonchev–Trinajstić information content (AvgIpc) is 3.38. The van der Waals surface area contributed by atoms with Gasteiger partial charge >= 0.3 is 0 Å². The van der Waals surface area contributed by atoms with Crippen LogP contribution < -0.4 is 5.06 Å². The van der Waals surface area contributed by atoms with E-state index in [-0.39, 0.29) is 5.91 Å². The van der Waals surface area contributed by atoms with E-state index in [1.807, 2.05) is 60.1 Å². The summed E-state index contributed by atoms with van der Waals surface area (Å²) in [6.45, 7) is 3.89. The maximum Gasteiger partial charge on any atom is 0.256 e.